The molecule has 34 heavy (non-hydrogen) atoms. The Labute approximate surface area is 195 Å². The molecule has 3 atom stereocenters. The molecule has 178 valence electrons. The normalized spacial score (nSPS) is 22.3. The molecule has 0 radical (unpaired) electrons. The van der Waals surface area contributed by atoms with Gasteiger partial charge < -0.3 is 15.6 Å². The molecule has 1 spiro atoms. The number of hydrogen-bond donors (Lipinski definition) is 3. The highest BCUT2D eigenvalue weighted by Crippen LogP contribution is 2.46. The summed E-state index contributed by atoms with van der Waals surface area (Å²) in [6, 6.07) is 4.51. The quantitative estimate of drug-likeness (QED) is 0.489. The van der Waals surface area contributed by atoms with E-state index in [1.165, 1.54) is 6.07 Å². The summed E-state index contributed by atoms with van der Waals surface area (Å²) in [5.74, 6) is -2.83. The fraction of sp³-hybridized carbons (Fsp3) is 0.520. The fourth-order valence-electron chi connectivity index (χ4n) is 5.04. The van der Waals surface area contributed by atoms with Crippen LogP contribution in [0.1, 0.15) is 61.9 Å². The molecule has 3 aliphatic rings. The van der Waals surface area contributed by atoms with E-state index in [2.05, 4.69) is 21.7 Å². The first-order valence-electron chi connectivity index (χ1n) is 11.8. The maximum absolute atomic E-state index is 14.0. The lowest BCUT2D eigenvalue weighted by Crippen LogP contribution is -2.40. The standard InChI is InChI=1S/C25H26F2N4O3/c26-18-3-4-19(27)22-17(18)10-20(30-22)21(32)9-14(7-13-1-2-13)23(33)29-16(12-28)8-15-11-25(5-6-25)31-24(15)34/h3-4,10,13-16,30H,1-2,5-9,11H2,(H,29,33)(H,31,34). The first-order chi connectivity index (χ1) is 16.3. The van der Waals surface area contributed by atoms with Crippen LogP contribution in [0.4, 0.5) is 8.78 Å². The zero-order chi connectivity index (χ0) is 24.0. The molecule has 1 aromatic carbocycles. The van der Waals surface area contributed by atoms with E-state index >= 15 is 0 Å². The second kappa shape index (κ2) is 8.49. The number of nitrogens with one attached hydrogen (secondary N) is 3. The van der Waals surface area contributed by atoms with Crippen molar-refractivity contribution in [3.05, 3.63) is 35.5 Å². The number of nitrogens with zero attached hydrogens (tertiary/aromatic N) is 1. The van der Waals surface area contributed by atoms with E-state index in [1.54, 1.807) is 0 Å². The van der Waals surface area contributed by atoms with E-state index in [1.807, 2.05) is 0 Å². The molecule has 2 saturated carbocycles. The van der Waals surface area contributed by atoms with Crippen molar-refractivity contribution < 1.29 is 23.2 Å². The van der Waals surface area contributed by atoms with E-state index in [-0.39, 0.29) is 46.8 Å². The Kier molecular flexibility index (Phi) is 5.62. The molecule has 7 nitrogen and oxygen atoms in total. The Bertz CT molecular complexity index is 1170. The van der Waals surface area contributed by atoms with Crippen molar-refractivity contribution >= 4 is 28.5 Å². The molecule has 5 rings (SSSR count). The van der Waals surface area contributed by atoms with Gasteiger partial charge in [-0.1, -0.05) is 12.8 Å². The van der Waals surface area contributed by atoms with E-state index in [9.17, 15) is 28.4 Å². The average Bonchev–Trinajstić information content (AvgIpc) is 3.70. The SMILES string of the molecule is N#CC(CC1CC2(CC2)NC1=O)NC(=O)C(CC(=O)c1cc2c(F)ccc(F)c2[nH]1)CC1CC1. The van der Waals surface area contributed by atoms with Crippen molar-refractivity contribution in [2.75, 3.05) is 0 Å². The number of aromatic amines is 1. The van der Waals surface area contributed by atoms with Gasteiger partial charge in [0.15, 0.2) is 5.78 Å². The summed E-state index contributed by atoms with van der Waals surface area (Å²) in [6.45, 7) is 0. The number of carbonyl (C=O) groups excluding carboxylic acids is 3. The number of H-pyrrole nitrogens is 1. The minimum atomic E-state index is -0.828. The van der Waals surface area contributed by atoms with Crippen molar-refractivity contribution in [3.8, 4) is 6.07 Å². The molecule has 2 aliphatic carbocycles. The predicted molar refractivity (Wildman–Crippen MR) is 118 cm³/mol. The molecule has 1 saturated heterocycles. The zero-order valence-electron chi connectivity index (χ0n) is 18.6. The minimum absolute atomic E-state index is 0.0145. The zero-order valence-corrected chi connectivity index (χ0v) is 18.6. The second-order valence-electron chi connectivity index (χ2n) is 10.1. The largest absolute Gasteiger partial charge is 0.350 e. The van der Waals surface area contributed by atoms with Crippen molar-refractivity contribution in [2.45, 2.75) is 62.9 Å². The van der Waals surface area contributed by atoms with Crippen molar-refractivity contribution in [2.24, 2.45) is 17.8 Å². The molecule has 3 unspecified atom stereocenters. The summed E-state index contributed by atoms with van der Waals surface area (Å²) in [5.41, 5.74) is -0.147. The Morgan fingerprint density at radius 1 is 1.21 bits per heavy atom. The van der Waals surface area contributed by atoms with Gasteiger partial charge in [0.2, 0.25) is 11.8 Å². The Hall–Kier alpha value is -3.28. The van der Waals surface area contributed by atoms with Crippen LogP contribution in [0, 0.1) is 40.7 Å². The predicted octanol–water partition coefficient (Wildman–Crippen LogP) is 3.50. The number of amides is 2. The molecule has 1 aromatic heterocycles. The summed E-state index contributed by atoms with van der Waals surface area (Å²) >= 11 is 0. The number of ketones is 1. The number of Topliss-reactive ketones (excluding diaryl/α,β-unsaturated/α-hetero) is 1. The van der Waals surface area contributed by atoms with Gasteiger partial charge in [-0.05, 0) is 56.2 Å². The highest BCUT2D eigenvalue weighted by Gasteiger charge is 2.52. The van der Waals surface area contributed by atoms with E-state index < -0.39 is 35.3 Å². The third kappa shape index (κ3) is 4.54. The number of benzene rings is 1. The third-order valence-corrected chi connectivity index (χ3v) is 7.35. The number of fused-ring (bicyclic) bond motifs is 1. The maximum Gasteiger partial charge on any atom is 0.224 e. The smallest absolute Gasteiger partial charge is 0.224 e. The van der Waals surface area contributed by atoms with Gasteiger partial charge in [-0.25, -0.2) is 8.78 Å². The molecule has 2 amide bonds. The van der Waals surface area contributed by atoms with Crippen LogP contribution in [0.2, 0.25) is 0 Å². The first kappa shape index (κ1) is 22.5. The number of nitriles is 1. The topological polar surface area (TPSA) is 115 Å². The number of halogens is 2. The molecule has 9 heteroatoms. The van der Waals surface area contributed by atoms with Crippen LogP contribution in [-0.4, -0.2) is 34.2 Å². The molecule has 2 aromatic rings. The Balaban J connectivity index is 1.26. The van der Waals surface area contributed by atoms with Crippen molar-refractivity contribution in [3.63, 3.8) is 0 Å². The van der Waals surface area contributed by atoms with E-state index in [0.29, 0.717) is 18.8 Å². The molecule has 1 aliphatic heterocycles. The highest BCUT2D eigenvalue weighted by molar-refractivity contribution is 6.01. The van der Waals surface area contributed by atoms with Gasteiger partial charge in [-0.3, -0.25) is 14.4 Å². The summed E-state index contributed by atoms with van der Waals surface area (Å²) in [4.78, 5) is 40.9. The molecular formula is C25H26F2N4O3. The summed E-state index contributed by atoms with van der Waals surface area (Å²) < 4.78 is 28.0. The van der Waals surface area contributed by atoms with Crippen LogP contribution in [0.15, 0.2) is 18.2 Å². The Morgan fingerprint density at radius 2 is 1.94 bits per heavy atom. The lowest BCUT2D eigenvalue weighted by atomic mass is 9.92. The van der Waals surface area contributed by atoms with Crippen LogP contribution >= 0.6 is 0 Å². The lowest BCUT2D eigenvalue weighted by molar-refractivity contribution is -0.127. The van der Waals surface area contributed by atoms with Gasteiger partial charge in [0.05, 0.1) is 17.3 Å². The summed E-state index contributed by atoms with van der Waals surface area (Å²) in [7, 11) is 0. The van der Waals surface area contributed by atoms with Gasteiger partial charge >= 0.3 is 0 Å². The van der Waals surface area contributed by atoms with Crippen LogP contribution in [0.25, 0.3) is 10.9 Å². The van der Waals surface area contributed by atoms with Crippen LogP contribution in [-0.2, 0) is 9.59 Å². The maximum atomic E-state index is 14.0. The van der Waals surface area contributed by atoms with E-state index in [4.69, 9.17) is 0 Å². The monoisotopic (exact) mass is 468 g/mol. The number of rotatable bonds is 9. The number of aromatic nitrogens is 1. The second-order valence-corrected chi connectivity index (χ2v) is 10.1. The van der Waals surface area contributed by atoms with Crippen LogP contribution < -0.4 is 10.6 Å². The molecule has 0 bridgehead atoms. The third-order valence-electron chi connectivity index (χ3n) is 7.35. The Morgan fingerprint density at radius 3 is 2.56 bits per heavy atom. The lowest BCUT2D eigenvalue weighted by Gasteiger charge is -2.20. The van der Waals surface area contributed by atoms with Gasteiger partial charge in [-0.2, -0.15) is 5.26 Å². The van der Waals surface area contributed by atoms with Crippen LogP contribution in [0.5, 0.6) is 0 Å². The molecule has 2 heterocycles. The first-order valence-corrected chi connectivity index (χ1v) is 11.8. The molecular weight excluding hydrogens is 442 g/mol. The molecule has 3 fully saturated rings. The van der Waals surface area contributed by atoms with Crippen molar-refractivity contribution in [1.29, 1.82) is 5.26 Å². The van der Waals surface area contributed by atoms with Gasteiger partial charge in [0.25, 0.3) is 0 Å². The van der Waals surface area contributed by atoms with Gasteiger partial charge in [-0.15, -0.1) is 0 Å². The van der Waals surface area contributed by atoms with Gasteiger partial charge in [0.1, 0.15) is 17.7 Å². The summed E-state index contributed by atoms with van der Waals surface area (Å²) in [5, 5.41) is 15.3. The highest BCUT2D eigenvalue weighted by atomic mass is 19.1. The number of carbonyl (C=O) groups is 3. The number of hydrogen-bond acceptors (Lipinski definition) is 4. The van der Waals surface area contributed by atoms with Crippen LogP contribution in [0.3, 0.4) is 0 Å². The van der Waals surface area contributed by atoms with Crippen molar-refractivity contribution in [1.82, 2.24) is 15.6 Å². The minimum Gasteiger partial charge on any atom is -0.350 e. The average molecular weight is 469 g/mol. The van der Waals surface area contributed by atoms with Gasteiger partial charge in [0, 0.05) is 29.2 Å². The van der Waals surface area contributed by atoms with E-state index in [0.717, 1.165) is 37.8 Å². The summed E-state index contributed by atoms with van der Waals surface area (Å²) in [6.07, 6.45) is 5.14. The fourth-order valence-corrected chi connectivity index (χ4v) is 5.04. The molecule has 3 N–H and O–H groups in total.